The monoisotopic (exact) mass is 350 g/mol. The largest absolute Gasteiger partial charge is 0.338 e. The molecule has 0 bridgehead atoms. The van der Waals surface area contributed by atoms with Crippen LogP contribution in [-0.2, 0) is 17.8 Å². The summed E-state index contributed by atoms with van der Waals surface area (Å²) in [7, 11) is 0. The zero-order chi connectivity index (χ0) is 16.5. The Morgan fingerprint density at radius 2 is 1.67 bits per heavy atom. The van der Waals surface area contributed by atoms with Gasteiger partial charge in [-0.15, -0.1) is 12.4 Å². The number of hydrogen-bond donors (Lipinski definition) is 1. The van der Waals surface area contributed by atoms with E-state index in [1.807, 2.05) is 35.2 Å². The maximum Gasteiger partial charge on any atom is 0.223 e. The fraction of sp³-hybridized carbons (Fsp3) is 0.316. The lowest BCUT2D eigenvalue weighted by molar-refractivity contribution is -0.131. The molecule has 0 aliphatic carbocycles. The van der Waals surface area contributed by atoms with Gasteiger partial charge in [0.2, 0.25) is 5.91 Å². The van der Waals surface area contributed by atoms with Gasteiger partial charge in [0.15, 0.2) is 0 Å². The van der Waals surface area contributed by atoms with Gasteiger partial charge in [0, 0.05) is 19.5 Å². The minimum atomic E-state index is -0.256. The lowest BCUT2D eigenvalue weighted by atomic mass is 10.1. The number of hydrogen-bond acceptors (Lipinski definition) is 2. The summed E-state index contributed by atoms with van der Waals surface area (Å²) in [6.45, 7) is 1.83. The van der Waals surface area contributed by atoms with Gasteiger partial charge in [0.1, 0.15) is 5.82 Å². The molecular weight excluding hydrogens is 327 g/mol. The normalized spacial score (nSPS) is 10.1. The van der Waals surface area contributed by atoms with E-state index < -0.39 is 0 Å². The predicted octanol–water partition coefficient (Wildman–Crippen LogP) is 3.56. The van der Waals surface area contributed by atoms with Crippen molar-refractivity contribution in [2.24, 2.45) is 5.73 Å². The standard InChI is InChI=1S/C19H23FN2O.ClH/c20-18-10-7-16(8-11-18)9-12-19(23)22(14-4-13-21)15-17-5-2-1-3-6-17;/h1-3,5-8,10-11H,4,9,12-15,21H2;1H. The Labute approximate surface area is 149 Å². The van der Waals surface area contributed by atoms with Crippen LogP contribution in [0.3, 0.4) is 0 Å². The summed E-state index contributed by atoms with van der Waals surface area (Å²) >= 11 is 0. The maximum atomic E-state index is 12.9. The number of aryl methyl sites for hydroxylation is 1. The molecular formula is C19H24ClFN2O. The Hall–Kier alpha value is -1.91. The van der Waals surface area contributed by atoms with E-state index in [-0.39, 0.29) is 24.1 Å². The second kappa shape index (κ2) is 10.8. The van der Waals surface area contributed by atoms with Crippen molar-refractivity contribution in [2.75, 3.05) is 13.1 Å². The molecule has 0 radical (unpaired) electrons. The van der Waals surface area contributed by atoms with Crippen molar-refractivity contribution in [3.63, 3.8) is 0 Å². The van der Waals surface area contributed by atoms with Gasteiger partial charge >= 0.3 is 0 Å². The van der Waals surface area contributed by atoms with Gasteiger partial charge in [-0.3, -0.25) is 4.79 Å². The summed E-state index contributed by atoms with van der Waals surface area (Å²) in [5.74, 6) is -0.152. The number of carbonyl (C=O) groups excluding carboxylic acids is 1. The Balaban J connectivity index is 0.00000288. The lowest BCUT2D eigenvalue weighted by Crippen LogP contribution is -2.32. The van der Waals surface area contributed by atoms with E-state index >= 15 is 0 Å². The third-order valence-corrected chi connectivity index (χ3v) is 3.74. The van der Waals surface area contributed by atoms with E-state index in [1.54, 1.807) is 12.1 Å². The molecule has 2 aromatic rings. The smallest absolute Gasteiger partial charge is 0.223 e. The average Bonchev–Trinajstić information content (AvgIpc) is 2.58. The lowest BCUT2D eigenvalue weighted by Gasteiger charge is -2.23. The number of nitrogens with two attached hydrogens (primary N) is 1. The molecule has 5 heteroatoms. The van der Waals surface area contributed by atoms with Crippen LogP contribution in [0, 0.1) is 5.82 Å². The molecule has 24 heavy (non-hydrogen) atoms. The number of benzene rings is 2. The van der Waals surface area contributed by atoms with Crippen molar-refractivity contribution in [1.29, 1.82) is 0 Å². The van der Waals surface area contributed by atoms with Crippen LogP contribution >= 0.6 is 12.4 Å². The first kappa shape index (κ1) is 20.1. The van der Waals surface area contributed by atoms with Crippen LogP contribution in [0.2, 0.25) is 0 Å². The van der Waals surface area contributed by atoms with Crippen LogP contribution < -0.4 is 5.73 Å². The van der Waals surface area contributed by atoms with Crippen LogP contribution in [0.1, 0.15) is 24.0 Å². The molecule has 3 nitrogen and oxygen atoms in total. The highest BCUT2D eigenvalue weighted by atomic mass is 35.5. The van der Waals surface area contributed by atoms with Crippen LogP contribution in [0.25, 0.3) is 0 Å². The molecule has 0 spiro atoms. The van der Waals surface area contributed by atoms with E-state index in [0.29, 0.717) is 32.5 Å². The molecule has 2 aromatic carbocycles. The quantitative estimate of drug-likeness (QED) is 0.791. The molecule has 0 aliphatic heterocycles. The highest BCUT2D eigenvalue weighted by Gasteiger charge is 2.13. The first-order valence-corrected chi connectivity index (χ1v) is 7.95. The second-order valence-electron chi connectivity index (χ2n) is 5.57. The molecule has 0 aromatic heterocycles. The summed E-state index contributed by atoms with van der Waals surface area (Å²) in [4.78, 5) is 14.4. The van der Waals surface area contributed by atoms with Crippen molar-refractivity contribution >= 4 is 18.3 Å². The van der Waals surface area contributed by atoms with Gasteiger partial charge < -0.3 is 10.6 Å². The zero-order valence-electron chi connectivity index (χ0n) is 13.7. The summed E-state index contributed by atoms with van der Waals surface area (Å²) in [5, 5.41) is 0. The van der Waals surface area contributed by atoms with E-state index in [2.05, 4.69) is 0 Å². The van der Waals surface area contributed by atoms with Crippen molar-refractivity contribution in [3.8, 4) is 0 Å². The Kier molecular flexibility index (Phi) is 9.05. The number of halogens is 2. The van der Waals surface area contributed by atoms with Gasteiger partial charge in [-0.25, -0.2) is 4.39 Å². The Morgan fingerprint density at radius 1 is 1.00 bits per heavy atom. The highest BCUT2D eigenvalue weighted by molar-refractivity contribution is 5.85. The van der Waals surface area contributed by atoms with Crippen molar-refractivity contribution in [3.05, 3.63) is 71.5 Å². The summed E-state index contributed by atoms with van der Waals surface area (Å²) in [6, 6.07) is 16.2. The van der Waals surface area contributed by atoms with Crippen molar-refractivity contribution < 1.29 is 9.18 Å². The van der Waals surface area contributed by atoms with Crippen LogP contribution in [0.4, 0.5) is 4.39 Å². The van der Waals surface area contributed by atoms with Crippen LogP contribution in [0.15, 0.2) is 54.6 Å². The van der Waals surface area contributed by atoms with Gasteiger partial charge in [-0.1, -0.05) is 42.5 Å². The summed E-state index contributed by atoms with van der Waals surface area (Å²) in [6.07, 6.45) is 1.82. The first-order valence-electron chi connectivity index (χ1n) is 7.95. The number of amides is 1. The topological polar surface area (TPSA) is 46.3 Å². The van der Waals surface area contributed by atoms with Gasteiger partial charge in [0.25, 0.3) is 0 Å². The third-order valence-electron chi connectivity index (χ3n) is 3.74. The van der Waals surface area contributed by atoms with E-state index in [0.717, 1.165) is 17.5 Å². The van der Waals surface area contributed by atoms with Crippen molar-refractivity contribution in [1.82, 2.24) is 4.90 Å². The number of nitrogens with zero attached hydrogens (tertiary/aromatic N) is 1. The predicted molar refractivity (Wildman–Crippen MR) is 97.5 cm³/mol. The molecule has 1 amide bonds. The molecule has 0 atom stereocenters. The molecule has 0 fully saturated rings. The number of rotatable bonds is 8. The van der Waals surface area contributed by atoms with E-state index in [1.165, 1.54) is 12.1 Å². The minimum absolute atomic E-state index is 0. The highest BCUT2D eigenvalue weighted by Crippen LogP contribution is 2.10. The van der Waals surface area contributed by atoms with Crippen LogP contribution in [0.5, 0.6) is 0 Å². The second-order valence-corrected chi connectivity index (χ2v) is 5.57. The Morgan fingerprint density at radius 3 is 2.29 bits per heavy atom. The molecule has 130 valence electrons. The zero-order valence-corrected chi connectivity index (χ0v) is 14.5. The van der Waals surface area contributed by atoms with E-state index in [9.17, 15) is 9.18 Å². The first-order chi connectivity index (χ1) is 11.2. The van der Waals surface area contributed by atoms with Gasteiger partial charge in [-0.2, -0.15) is 0 Å². The summed E-state index contributed by atoms with van der Waals surface area (Å²) in [5.41, 5.74) is 7.66. The van der Waals surface area contributed by atoms with Crippen molar-refractivity contribution in [2.45, 2.75) is 25.8 Å². The molecule has 0 aliphatic rings. The Bertz CT molecular complexity index is 605. The van der Waals surface area contributed by atoms with Crippen LogP contribution in [-0.4, -0.2) is 23.9 Å². The molecule has 0 saturated carbocycles. The molecule has 2 N–H and O–H groups in total. The molecule has 0 unspecified atom stereocenters. The minimum Gasteiger partial charge on any atom is -0.338 e. The van der Waals surface area contributed by atoms with Gasteiger partial charge in [0.05, 0.1) is 0 Å². The maximum absolute atomic E-state index is 12.9. The molecule has 2 rings (SSSR count). The molecule has 0 saturated heterocycles. The SMILES string of the molecule is Cl.NCCCN(Cc1ccccc1)C(=O)CCc1ccc(F)cc1. The van der Waals surface area contributed by atoms with Gasteiger partial charge in [-0.05, 0) is 42.6 Å². The fourth-order valence-electron chi connectivity index (χ4n) is 2.44. The third kappa shape index (κ3) is 6.69. The average molecular weight is 351 g/mol. The molecule has 0 heterocycles. The summed E-state index contributed by atoms with van der Waals surface area (Å²) < 4.78 is 12.9. The number of carbonyl (C=O) groups is 1. The van der Waals surface area contributed by atoms with E-state index in [4.69, 9.17) is 5.73 Å². The fourth-order valence-corrected chi connectivity index (χ4v) is 2.44.